The van der Waals surface area contributed by atoms with Crippen LogP contribution in [0.4, 0.5) is 0 Å². The van der Waals surface area contributed by atoms with Crippen molar-refractivity contribution in [2.24, 2.45) is 11.5 Å². The zero-order chi connectivity index (χ0) is 19.7. The highest BCUT2D eigenvalue weighted by Crippen LogP contribution is 2.38. The lowest BCUT2D eigenvalue weighted by Crippen LogP contribution is -2.49. The van der Waals surface area contributed by atoms with Crippen LogP contribution in [0.1, 0.15) is 30.4 Å². The lowest BCUT2D eigenvalue weighted by atomic mass is 10.0. The summed E-state index contributed by atoms with van der Waals surface area (Å²) in [5.74, 6) is -1.72. The van der Waals surface area contributed by atoms with Gasteiger partial charge in [-0.2, -0.15) is 0 Å². The number of rotatable bonds is 11. The van der Waals surface area contributed by atoms with Gasteiger partial charge in [-0.1, -0.05) is 30.7 Å². The van der Waals surface area contributed by atoms with Crippen molar-refractivity contribution in [1.29, 1.82) is 0 Å². The van der Waals surface area contributed by atoms with E-state index in [1.54, 1.807) is 12.1 Å². The van der Waals surface area contributed by atoms with Crippen LogP contribution in [0.25, 0.3) is 0 Å². The zero-order valence-electron chi connectivity index (χ0n) is 15.2. The van der Waals surface area contributed by atoms with Crippen LogP contribution in [0, 0.1) is 0 Å². The highest BCUT2D eigenvalue weighted by molar-refractivity contribution is 7.50. The molecule has 28 heavy (non-hydrogen) atoms. The number of amides is 1. The normalized spacial score (nSPS) is 12.9. The molecule has 12 heteroatoms. The maximum Gasteiger partial charge on any atom is 0.329 e. The second kappa shape index (κ2) is 13.9. The lowest BCUT2D eigenvalue weighted by Gasteiger charge is -2.18. The number of halogens is 2. The molecule has 0 heterocycles. The third-order valence-corrected chi connectivity index (χ3v) is 4.55. The van der Waals surface area contributed by atoms with Crippen LogP contribution < -0.4 is 16.8 Å². The average molecular weight is 460 g/mol. The Bertz CT molecular complexity index is 656. The van der Waals surface area contributed by atoms with Gasteiger partial charge in [0.25, 0.3) is 0 Å². The molecule has 8 N–H and O–H groups in total. The molecule has 162 valence electrons. The first-order valence-electron chi connectivity index (χ1n) is 8.23. The molecule has 1 aromatic rings. The van der Waals surface area contributed by atoms with Gasteiger partial charge in [0.15, 0.2) is 0 Å². The monoisotopic (exact) mass is 459 g/mol. The predicted molar refractivity (Wildman–Crippen MR) is 111 cm³/mol. The highest BCUT2D eigenvalue weighted by Gasteiger charge is 2.23. The molecule has 1 aromatic carbocycles. The Morgan fingerprint density at radius 2 is 1.61 bits per heavy atom. The van der Waals surface area contributed by atoms with Crippen LogP contribution >= 0.6 is 32.4 Å². The molecule has 1 amide bonds. The molecule has 0 saturated carbocycles. The predicted octanol–water partition coefficient (Wildman–Crippen LogP) is 0.776. The molecule has 1 rings (SSSR count). The van der Waals surface area contributed by atoms with Gasteiger partial charge in [0.1, 0.15) is 6.04 Å². The van der Waals surface area contributed by atoms with Crippen molar-refractivity contribution in [3.05, 3.63) is 35.4 Å². The van der Waals surface area contributed by atoms with E-state index in [2.05, 4.69) is 5.32 Å². The molecule has 0 aromatic heterocycles. The van der Waals surface area contributed by atoms with Gasteiger partial charge in [0, 0.05) is 6.42 Å². The minimum atomic E-state index is -4.16. The van der Waals surface area contributed by atoms with E-state index in [1.807, 2.05) is 0 Å². The first kappa shape index (κ1) is 29.0. The Morgan fingerprint density at radius 1 is 1.07 bits per heavy atom. The number of unbranched alkanes of at least 4 members (excludes halogenated alkanes) is 1. The Morgan fingerprint density at radius 3 is 2.07 bits per heavy atom. The minimum absolute atomic E-state index is 0. The second-order valence-electron chi connectivity index (χ2n) is 6.13. The van der Waals surface area contributed by atoms with Crippen LogP contribution in [0.3, 0.4) is 0 Å². The summed E-state index contributed by atoms with van der Waals surface area (Å²) in [6.07, 6.45) is 1.50. The fraction of sp³-hybridized carbons (Fsp3) is 0.500. The number of benzene rings is 1. The number of hydrogen-bond acceptors (Lipinski definition) is 5. The van der Waals surface area contributed by atoms with Crippen LogP contribution in [0.5, 0.6) is 0 Å². The zero-order valence-corrected chi connectivity index (χ0v) is 17.7. The van der Waals surface area contributed by atoms with Crippen LogP contribution in [0.2, 0.25) is 0 Å². The van der Waals surface area contributed by atoms with Crippen molar-refractivity contribution < 1.29 is 29.0 Å². The summed E-state index contributed by atoms with van der Waals surface area (Å²) in [6, 6.07) is 4.26. The standard InChI is InChI=1S/C16H26N3O6P.2ClH/c17-8-2-1-3-13(18)15(20)19-14(16(21)22)9-11-4-6-12(7-5-11)10-26(23,24)25;;/h4-7,13-14H,1-3,8-10,17-18H2,(H,19,20)(H,21,22)(H2,23,24,25);2*1H/t13-,14-;;/m0../s1. The molecule has 0 aliphatic rings. The van der Waals surface area contributed by atoms with Crippen molar-refractivity contribution in [1.82, 2.24) is 5.32 Å². The lowest BCUT2D eigenvalue weighted by molar-refractivity contribution is -0.142. The molecular formula is C16H28Cl2N3O6P. The molecule has 0 aliphatic heterocycles. The van der Waals surface area contributed by atoms with Gasteiger partial charge in [-0.25, -0.2) is 4.79 Å². The van der Waals surface area contributed by atoms with Gasteiger partial charge in [-0.3, -0.25) is 9.36 Å². The summed E-state index contributed by atoms with van der Waals surface area (Å²) in [7, 11) is -4.16. The highest BCUT2D eigenvalue weighted by atomic mass is 35.5. The van der Waals surface area contributed by atoms with Crippen molar-refractivity contribution in [3.63, 3.8) is 0 Å². The van der Waals surface area contributed by atoms with E-state index in [4.69, 9.17) is 21.3 Å². The Labute approximate surface area is 176 Å². The molecule has 0 bridgehead atoms. The number of aliphatic carboxylic acids is 1. The number of carbonyl (C=O) groups is 2. The largest absolute Gasteiger partial charge is 0.480 e. The molecule has 9 nitrogen and oxygen atoms in total. The number of carboxylic acid groups (broad SMARTS) is 1. The summed E-state index contributed by atoms with van der Waals surface area (Å²) in [4.78, 5) is 41.3. The summed E-state index contributed by atoms with van der Waals surface area (Å²) in [6.45, 7) is 0.504. The van der Waals surface area contributed by atoms with E-state index in [0.29, 0.717) is 30.5 Å². The van der Waals surface area contributed by atoms with Crippen molar-refractivity contribution in [3.8, 4) is 0 Å². The Kier molecular flexibility index (Phi) is 14.4. The van der Waals surface area contributed by atoms with E-state index in [0.717, 1.165) is 6.42 Å². The van der Waals surface area contributed by atoms with Gasteiger partial charge >= 0.3 is 13.6 Å². The summed E-state index contributed by atoms with van der Waals surface area (Å²) in [5.41, 5.74) is 12.2. The SMILES string of the molecule is Cl.Cl.NCCCC[C@H](N)C(=O)N[C@@H](Cc1ccc(CP(=O)(O)O)cc1)C(=O)O. The van der Waals surface area contributed by atoms with Crippen LogP contribution in [-0.2, 0) is 26.7 Å². The topological polar surface area (TPSA) is 176 Å². The molecule has 0 unspecified atom stereocenters. The van der Waals surface area contributed by atoms with E-state index < -0.39 is 31.6 Å². The number of nitrogens with one attached hydrogen (secondary N) is 1. The maximum atomic E-state index is 12.0. The van der Waals surface area contributed by atoms with Crippen molar-refractivity contribution in [2.75, 3.05) is 6.54 Å². The molecule has 2 atom stereocenters. The van der Waals surface area contributed by atoms with Gasteiger partial charge in [-0.15, -0.1) is 24.8 Å². The van der Waals surface area contributed by atoms with Crippen molar-refractivity contribution in [2.45, 2.75) is 43.9 Å². The summed E-state index contributed by atoms with van der Waals surface area (Å²) in [5, 5.41) is 11.7. The quantitative estimate of drug-likeness (QED) is 0.207. The second-order valence-corrected chi connectivity index (χ2v) is 7.78. The number of carbonyl (C=O) groups excluding carboxylic acids is 1. The number of hydrogen-bond donors (Lipinski definition) is 6. The van der Waals surface area contributed by atoms with Crippen LogP contribution in [-0.4, -0.2) is 45.4 Å². The number of nitrogens with two attached hydrogens (primary N) is 2. The summed E-state index contributed by atoms with van der Waals surface area (Å²) < 4.78 is 11.0. The molecular weight excluding hydrogens is 432 g/mol. The minimum Gasteiger partial charge on any atom is -0.480 e. The maximum absolute atomic E-state index is 12.0. The first-order chi connectivity index (χ1) is 12.1. The molecule has 0 aliphatic carbocycles. The molecule has 0 saturated heterocycles. The smallest absolute Gasteiger partial charge is 0.329 e. The summed E-state index contributed by atoms with van der Waals surface area (Å²) >= 11 is 0. The van der Waals surface area contributed by atoms with E-state index in [1.165, 1.54) is 12.1 Å². The third kappa shape index (κ3) is 11.6. The fourth-order valence-corrected chi connectivity index (χ4v) is 3.06. The van der Waals surface area contributed by atoms with Gasteiger partial charge < -0.3 is 31.7 Å². The van der Waals surface area contributed by atoms with Gasteiger partial charge in [0.05, 0.1) is 12.2 Å². The molecule has 0 fully saturated rings. The molecule has 0 radical (unpaired) electrons. The van der Waals surface area contributed by atoms with Gasteiger partial charge in [0.2, 0.25) is 5.91 Å². The molecule has 0 spiro atoms. The fourth-order valence-electron chi connectivity index (χ4n) is 2.37. The van der Waals surface area contributed by atoms with E-state index in [9.17, 15) is 19.3 Å². The Hall–Kier alpha value is -1.19. The van der Waals surface area contributed by atoms with E-state index >= 15 is 0 Å². The average Bonchev–Trinajstić information content (AvgIpc) is 2.54. The number of carboxylic acids is 1. The van der Waals surface area contributed by atoms with E-state index in [-0.39, 0.29) is 37.4 Å². The van der Waals surface area contributed by atoms with Crippen LogP contribution in [0.15, 0.2) is 24.3 Å². The van der Waals surface area contributed by atoms with Gasteiger partial charge in [-0.05, 0) is 30.5 Å². The first-order valence-corrected chi connectivity index (χ1v) is 10.0. The Balaban J connectivity index is 0. The third-order valence-electron chi connectivity index (χ3n) is 3.77. The van der Waals surface area contributed by atoms with Crippen molar-refractivity contribution >= 4 is 44.3 Å².